The van der Waals surface area contributed by atoms with Gasteiger partial charge >= 0.3 is 5.97 Å². The third kappa shape index (κ3) is 39.8. The lowest BCUT2D eigenvalue weighted by Crippen LogP contribution is -2.15. The molecule has 0 atom stereocenters. The molecule has 13 nitrogen and oxygen atoms in total. The van der Waals surface area contributed by atoms with Crippen molar-refractivity contribution in [2.45, 2.75) is 32.1 Å². The molecule has 44 heavy (non-hydrogen) atoms. The van der Waals surface area contributed by atoms with Crippen molar-refractivity contribution in [2.24, 2.45) is 0 Å². The molecule has 0 aliphatic carbocycles. The number of rotatable bonds is 39. The van der Waals surface area contributed by atoms with E-state index in [4.69, 9.17) is 52.1 Å². The van der Waals surface area contributed by atoms with E-state index in [1.807, 2.05) is 0 Å². The van der Waals surface area contributed by atoms with Crippen molar-refractivity contribution < 1.29 is 61.6 Å². The van der Waals surface area contributed by atoms with Gasteiger partial charge in [-0.1, -0.05) is 35.4 Å². The summed E-state index contributed by atoms with van der Waals surface area (Å²) in [5.41, 5.74) is 0. The maximum absolute atomic E-state index is 10.9. The predicted molar refractivity (Wildman–Crippen MR) is 173 cm³/mol. The molecule has 0 heterocycles. The molecule has 0 saturated heterocycles. The molecular weight excluding hydrogens is 695 g/mol. The van der Waals surface area contributed by atoms with E-state index in [9.17, 15) is 4.79 Å². The van der Waals surface area contributed by atoms with Crippen LogP contribution < -0.4 is 0 Å². The van der Waals surface area contributed by atoms with Crippen LogP contribution in [0.2, 0.25) is 0 Å². The Kier molecular flexibility index (Phi) is 40.6. The Morgan fingerprint density at radius 3 is 0.886 bits per heavy atom. The summed E-state index contributed by atoms with van der Waals surface area (Å²) in [5.74, 6) is -0.284. The molecular formula is C30H59IO13. The Balaban J connectivity index is 3.04. The minimum atomic E-state index is -0.284. The number of hydrogen-bond acceptors (Lipinski definition) is 13. The molecule has 0 aromatic carbocycles. The van der Waals surface area contributed by atoms with Crippen LogP contribution in [0.15, 0.2) is 0 Å². The first-order valence-corrected chi connectivity index (χ1v) is 17.3. The van der Waals surface area contributed by atoms with Crippen molar-refractivity contribution in [2.75, 3.05) is 157 Å². The van der Waals surface area contributed by atoms with Gasteiger partial charge in [-0.25, -0.2) is 0 Å². The van der Waals surface area contributed by atoms with Gasteiger partial charge in [-0.3, -0.25) is 4.79 Å². The Morgan fingerprint density at radius 2 is 0.614 bits per heavy atom. The second kappa shape index (κ2) is 40.8. The second-order valence-electron chi connectivity index (χ2n) is 9.17. The molecule has 0 unspecified atom stereocenters. The third-order valence-corrected chi connectivity index (χ3v) is 6.33. The van der Waals surface area contributed by atoms with Gasteiger partial charge in [-0.05, 0) is 17.3 Å². The molecule has 0 saturated carbocycles. The highest BCUT2D eigenvalue weighted by Gasteiger charge is 1.99. The fourth-order valence-corrected chi connectivity index (χ4v) is 3.75. The first-order chi connectivity index (χ1) is 21.8. The van der Waals surface area contributed by atoms with Crippen molar-refractivity contribution >= 4 is 28.6 Å². The zero-order valence-corrected chi connectivity index (χ0v) is 29.1. The quantitative estimate of drug-likeness (QED) is 0.0396. The number of hydrogen-bond donors (Lipinski definition) is 0. The molecule has 0 fully saturated rings. The summed E-state index contributed by atoms with van der Waals surface area (Å²) in [5, 5.41) is 0. The first-order valence-electron chi connectivity index (χ1n) is 15.8. The van der Waals surface area contributed by atoms with Gasteiger partial charge in [0.15, 0.2) is 0 Å². The van der Waals surface area contributed by atoms with Crippen molar-refractivity contribution in [1.82, 2.24) is 0 Å². The lowest BCUT2D eigenvalue weighted by atomic mass is 10.2. The van der Waals surface area contributed by atoms with Gasteiger partial charge in [0.05, 0.1) is 152 Å². The van der Waals surface area contributed by atoms with Crippen LogP contribution in [0.1, 0.15) is 32.1 Å². The standard InChI is InChI=1S/C30H59IO13/c1-33-30(32)6-9-35-11-13-37-15-17-39-19-21-41-23-25-43-27-29-44-28-26-42-24-22-40-20-18-38-16-14-36-12-10-34-8-5-3-2-4-7-31/h2-29H2,1H3. The summed E-state index contributed by atoms with van der Waals surface area (Å²) in [6, 6.07) is 0. The molecule has 264 valence electrons. The zero-order valence-electron chi connectivity index (χ0n) is 27.0. The topological polar surface area (TPSA) is 128 Å². The molecule has 0 aromatic heterocycles. The SMILES string of the molecule is COC(=O)CCOCCOCCOCCOCCOCCOCCOCCOCCOCCOCCOCCCCCCI. The number of ether oxygens (including phenoxy) is 12. The molecule has 0 rings (SSSR count). The maximum Gasteiger partial charge on any atom is 0.307 e. The Morgan fingerprint density at radius 1 is 0.364 bits per heavy atom. The van der Waals surface area contributed by atoms with Crippen LogP contribution in [0.4, 0.5) is 0 Å². The van der Waals surface area contributed by atoms with E-state index in [0.29, 0.717) is 139 Å². The average molecular weight is 755 g/mol. The lowest BCUT2D eigenvalue weighted by Gasteiger charge is -2.09. The number of carbonyl (C=O) groups excluding carboxylic acids is 1. The molecule has 0 amide bonds. The minimum absolute atomic E-state index is 0.247. The van der Waals surface area contributed by atoms with Crippen molar-refractivity contribution in [3.05, 3.63) is 0 Å². The second-order valence-corrected chi connectivity index (χ2v) is 10.2. The van der Waals surface area contributed by atoms with Gasteiger partial charge in [-0.2, -0.15) is 0 Å². The van der Waals surface area contributed by atoms with Crippen LogP contribution >= 0.6 is 22.6 Å². The van der Waals surface area contributed by atoms with E-state index in [2.05, 4.69) is 27.3 Å². The van der Waals surface area contributed by atoms with E-state index in [0.717, 1.165) is 13.0 Å². The van der Waals surface area contributed by atoms with Crippen molar-refractivity contribution in [1.29, 1.82) is 0 Å². The summed E-state index contributed by atoms with van der Waals surface area (Å²) in [4.78, 5) is 10.9. The largest absolute Gasteiger partial charge is 0.469 e. The molecule has 0 radical (unpaired) electrons. The van der Waals surface area contributed by atoms with Gasteiger partial charge in [0, 0.05) is 6.61 Å². The zero-order chi connectivity index (χ0) is 31.9. The van der Waals surface area contributed by atoms with Crippen LogP contribution in [0.25, 0.3) is 0 Å². The average Bonchev–Trinajstić information content (AvgIpc) is 3.04. The summed E-state index contributed by atoms with van der Waals surface area (Å²) >= 11 is 2.42. The number of carbonyl (C=O) groups is 1. The highest BCUT2D eigenvalue weighted by molar-refractivity contribution is 14.1. The van der Waals surface area contributed by atoms with Crippen molar-refractivity contribution in [3.8, 4) is 0 Å². The van der Waals surface area contributed by atoms with E-state index in [1.54, 1.807) is 0 Å². The highest BCUT2D eigenvalue weighted by atomic mass is 127. The third-order valence-electron chi connectivity index (χ3n) is 5.57. The van der Waals surface area contributed by atoms with Crippen LogP contribution in [0.5, 0.6) is 0 Å². The molecule has 0 bridgehead atoms. The molecule has 0 aromatic rings. The monoisotopic (exact) mass is 754 g/mol. The lowest BCUT2D eigenvalue weighted by molar-refractivity contribution is -0.141. The van der Waals surface area contributed by atoms with E-state index in [-0.39, 0.29) is 12.4 Å². The molecule has 14 heteroatoms. The van der Waals surface area contributed by atoms with Crippen molar-refractivity contribution in [3.63, 3.8) is 0 Å². The Labute approximate surface area is 278 Å². The van der Waals surface area contributed by atoms with Crippen LogP contribution in [0.3, 0.4) is 0 Å². The number of alkyl halides is 1. The molecule has 0 aliphatic rings. The smallest absolute Gasteiger partial charge is 0.307 e. The minimum Gasteiger partial charge on any atom is -0.469 e. The Bertz CT molecular complexity index is 549. The number of methoxy groups -OCH3 is 1. The maximum atomic E-state index is 10.9. The normalized spacial score (nSPS) is 11.4. The summed E-state index contributed by atoms with van der Waals surface area (Å²) in [7, 11) is 1.35. The van der Waals surface area contributed by atoms with E-state index in [1.165, 1.54) is 30.8 Å². The molecule has 0 spiro atoms. The summed E-state index contributed by atoms with van der Waals surface area (Å²) in [6.07, 6.45) is 5.22. The van der Waals surface area contributed by atoms with E-state index < -0.39 is 0 Å². The number of halogens is 1. The van der Waals surface area contributed by atoms with Gasteiger partial charge in [0.25, 0.3) is 0 Å². The van der Waals surface area contributed by atoms with Gasteiger partial charge < -0.3 is 56.8 Å². The fourth-order valence-electron chi connectivity index (χ4n) is 3.21. The summed E-state index contributed by atoms with van der Waals surface area (Å²) in [6.45, 7) is 11.5. The summed E-state index contributed by atoms with van der Waals surface area (Å²) < 4.78 is 65.7. The number of esters is 1. The highest BCUT2D eigenvalue weighted by Crippen LogP contribution is 2.02. The molecule has 0 N–H and O–H groups in total. The van der Waals surface area contributed by atoms with Gasteiger partial charge in [-0.15, -0.1) is 0 Å². The predicted octanol–water partition coefficient (Wildman–Crippen LogP) is 2.73. The van der Waals surface area contributed by atoms with Crippen LogP contribution in [0, 0.1) is 0 Å². The molecule has 0 aliphatic heterocycles. The van der Waals surface area contributed by atoms with Gasteiger partial charge in [0.1, 0.15) is 0 Å². The van der Waals surface area contributed by atoms with Crippen LogP contribution in [-0.2, 0) is 61.6 Å². The van der Waals surface area contributed by atoms with Gasteiger partial charge in [0.2, 0.25) is 0 Å². The van der Waals surface area contributed by atoms with Crippen LogP contribution in [-0.4, -0.2) is 163 Å². The number of unbranched alkanes of at least 4 members (excludes halogenated alkanes) is 3. The first kappa shape index (κ1) is 43.8. The van der Waals surface area contributed by atoms with E-state index >= 15 is 0 Å². The fraction of sp³-hybridized carbons (Fsp3) is 0.967. The Hall–Kier alpha value is -0.240.